The van der Waals surface area contributed by atoms with Gasteiger partial charge in [-0.3, -0.25) is 4.90 Å². The van der Waals surface area contributed by atoms with Crippen molar-refractivity contribution in [2.75, 3.05) is 20.2 Å². The Labute approximate surface area is 149 Å². The fraction of sp³-hybridized carbons (Fsp3) is 0.429. The SMILES string of the molecule is COc1ccc(CN2C[C@@H](C)[C@](O)(c3cccc(F)c3)[C@@H](C)C2)cc1. The van der Waals surface area contributed by atoms with Gasteiger partial charge >= 0.3 is 0 Å². The zero-order valence-electron chi connectivity index (χ0n) is 15.1. The van der Waals surface area contributed by atoms with E-state index in [1.807, 2.05) is 32.0 Å². The second-order valence-electron chi connectivity index (χ2n) is 7.18. The van der Waals surface area contributed by atoms with Crippen LogP contribution in [0.2, 0.25) is 0 Å². The number of hydrogen-bond donors (Lipinski definition) is 1. The molecule has 2 aromatic rings. The third-order valence-electron chi connectivity index (χ3n) is 5.42. The van der Waals surface area contributed by atoms with Crippen molar-refractivity contribution in [1.29, 1.82) is 0 Å². The number of nitrogens with zero attached hydrogens (tertiary/aromatic N) is 1. The number of methoxy groups -OCH3 is 1. The molecule has 1 saturated heterocycles. The molecule has 0 amide bonds. The molecular formula is C21H26FNO2. The van der Waals surface area contributed by atoms with Crippen LogP contribution in [0, 0.1) is 17.7 Å². The molecule has 1 fully saturated rings. The van der Waals surface area contributed by atoms with E-state index in [-0.39, 0.29) is 17.7 Å². The Morgan fingerprint density at radius 2 is 1.76 bits per heavy atom. The quantitative estimate of drug-likeness (QED) is 0.916. The van der Waals surface area contributed by atoms with Crippen LogP contribution in [0.5, 0.6) is 5.75 Å². The molecule has 134 valence electrons. The van der Waals surface area contributed by atoms with E-state index in [1.54, 1.807) is 13.2 Å². The van der Waals surface area contributed by atoms with Crippen molar-refractivity contribution < 1.29 is 14.2 Å². The van der Waals surface area contributed by atoms with Crippen molar-refractivity contribution in [2.45, 2.75) is 26.0 Å². The number of benzene rings is 2. The molecule has 0 unspecified atom stereocenters. The summed E-state index contributed by atoms with van der Waals surface area (Å²) in [7, 11) is 1.66. The van der Waals surface area contributed by atoms with Gasteiger partial charge in [-0.25, -0.2) is 4.39 Å². The van der Waals surface area contributed by atoms with Crippen molar-refractivity contribution in [3.63, 3.8) is 0 Å². The highest BCUT2D eigenvalue weighted by Gasteiger charge is 2.45. The Balaban J connectivity index is 1.75. The lowest BCUT2D eigenvalue weighted by Gasteiger charge is -2.48. The molecular weight excluding hydrogens is 317 g/mol. The normalized spacial score (nSPS) is 27.2. The summed E-state index contributed by atoms with van der Waals surface area (Å²) in [5.74, 6) is 0.572. The Morgan fingerprint density at radius 3 is 2.32 bits per heavy atom. The lowest BCUT2D eigenvalue weighted by Crippen LogP contribution is -2.54. The van der Waals surface area contributed by atoms with Crippen LogP contribution in [-0.4, -0.2) is 30.2 Å². The van der Waals surface area contributed by atoms with Gasteiger partial charge in [0.2, 0.25) is 0 Å². The molecule has 0 spiro atoms. The highest BCUT2D eigenvalue weighted by Crippen LogP contribution is 2.41. The second-order valence-corrected chi connectivity index (χ2v) is 7.18. The van der Waals surface area contributed by atoms with Crippen molar-refractivity contribution in [3.8, 4) is 5.75 Å². The predicted octanol–water partition coefficient (Wildman–Crippen LogP) is 3.81. The predicted molar refractivity (Wildman–Crippen MR) is 96.9 cm³/mol. The van der Waals surface area contributed by atoms with E-state index in [0.717, 1.165) is 25.4 Å². The highest BCUT2D eigenvalue weighted by atomic mass is 19.1. The average molecular weight is 343 g/mol. The average Bonchev–Trinajstić information content (AvgIpc) is 2.60. The molecule has 3 atom stereocenters. The molecule has 3 nitrogen and oxygen atoms in total. The van der Waals surface area contributed by atoms with Gasteiger partial charge in [0.1, 0.15) is 11.6 Å². The molecule has 1 N–H and O–H groups in total. The molecule has 2 aromatic carbocycles. The molecule has 0 aromatic heterocycles. The first-order chi connectivity index (χ1) is 11.9. The van der Waals surface area contributed by atoms with Crippen LogP contribution >= 0.6 is 0 Å². The second kappa shape index (κ2) is 7.14. The number of halogens is 1. The molecule has 1 aliphatic rings. The van der Waals surface area contributed by atoms with Gasteiger partial charge in [-0.2, -0.15) is 0 Å². The maximum absolute atomic E-state index is 13.6. The van der Waals surface area contributed by atoms with E-state index in [0.29, 0.717) is 5.56 Å². The highest BCUT2D eigenvalue weighted by molar-refractivity contribution is 5.28. The minimum Gasteiger partial charge on any atom is -0.497 e. The number of rotatable bonds is 4. The molecule has 0 aliphatic carbocycles. The van der Waals surface area contributed by atoms with E-state index < -0.39 is 5.60 Å². The van der Waals surface area contributed by atoms with Crippen LogP contribution in [-0.2, 0) is 12.1 Å². The minimum absolute atomic E-state index is 0.0105. The van der Waals surface area contributed by atoms with E-state index in [4.69, 9.17) is 4.74 Å². The molecule has 3 rings (SSSR count). The van der Waals surface area contributed by atoms with E-state index >= 15 is 0 Å². The molecule has 1 aliphatic heterocycles. The van der Waals surface area contributed by atoms with Gasteiger partial charge in [0.05, 0.1) is 12.7 Å². The van der Waals surface area contributed by atoms with Crippen molar-refractivity contribution in [1.82, 2.24) is 4.90 Å². The summed E-state index contributed by atoms with van der Waals surface area (Å²) in [6.07, 6.45) is 0. The number of piperidine rings is 1. The van der Waals surface area contributed by atoms with Gasteiger partial charge in [-0.15, -0.1) is 0 Å². The zero-order chi connectivity index (χ0) is 18.0. The van der Waals surface area contributed by atoms with Crippen LogP contribution in [0.3, 0.4) is 0 Å². The van der Waals surface area contributed by atoms with Crippen LogP contribution in [0.1, 0.15) is 25.0 Å². The van der Waals surface area contributed by atoms with Gasteiger partial charge in [0.15, 0.2) is 0 Å². The maximum Gasteiger partial charge on any atom is 0.123 e. The fourth-order valence-corrected chi connectivity index (χ4v) is 4.04. The Kier molecular flexibility index (Phi) is 5.11. The smallest absolute Gasteiger partial charge is 0.123 e. The number of ether oxygens (including phenoxy) is 1. The topological polar surface area (TPSA) is 32.7 Å². The Morgan fingerprint density at radius 1 is 1.12 bits per heavy atom. The summed E-state index contributed by atoms with van der Waals surface area (Å²) >= 11 is 0. The van der Waals surface area contributed by atoms with Crippen LogP contribution in [0.15, 0.2) is 48.5 Å². The zero-order valence-corrected chi connectivity index (χ0v) is 15.1. The van der Waals surface area contributed by atoms with Gasteiger partial charge in [0.25, 0.3) is 0 Å². The standard InChI is InChI=1S/C21H26FNO2/c1-15-12-23(14-17-7-9-20(25-3)10-8-17)13-16(2)21(15,24)18-5-4-6-19(22)11-18/h4-11,15-16,24H,12-14H2,1-3H3/t15-,16+,21-. The number of likely N-dealkylation sites (tertiary alicyclic amines) is 1. The van der Waals surface area contributed by atoms with Crippen LogP contribution < -0.4 is 4.74 Å². The van der Waals surface area contributed by atoms with E-state index in [2.05, 4.69) is 17.0 Å². The van der Waals surface area contributed by atoms with Crippen LogP contribution in [0.4, 0.5) is 4.39 Å². The lowest BCUT2D eigenvalue weighted by molar-refractivity contribution is -0.114. The largest absolute Gasteiger partial charge is 0.497 e. The summed E-state index contributed by atoms with van der Waals surface area (Å²) < 4.78 is 18.8. The van der Waals surface area contributed by atoms with Gasteiger partial charge in [-0.05, 0) is 35.4 Å². The van der Waals surface area contributed by atoms with Crippen molar-refractivity contribution in [2.24, 2.45) is 11.8 Å². The Hall–Kier alpha value is -1.91. The minimum atomic E-state index is -1.00. The molecule has 0 saturated carbocycles. The lowest BCUT2D eigenvalue weighted by atomic mass is 9.70. The monoisotopic (exact) mass is 343 g/mol. The molecule has 0 bridgehead atoms. The first-order valence-corrected chi connectivity index (χ1v) is 8.77. The molecule has 0 radical (unpaired) electrons. The summed E-state index contributed by atoms with van der Waals surface area (Å²) in [4.78, 5) is 2.35. The van der Waals surface area contributed by atoms with Gasteiger partial charge in [0, 0.05) is 31.5 Å². The Bertz CT molecular complexity index is 704. The van der Waals surface area contributed by atoms with Gasteiger partial charge < -0.3 is 9.84 Å². The summed E-state index contributed by atoms with van der Waals surface area (Å²) in [6.45, 7) is 6.45. The molecule has 25 heavy (non-hydrogen) atoms. The third-order valence-corrected chi connectivity index (χ3v) is 5.42. The van der Waals surface area contributed by atoms with Gasteiger partial charge in [-0.1, -0.05) is 38.1 Å². The van der Waals surface area contributed by atoms with E-state index in [1.165, 1.54) is 17.7 Å². The summed E-state index contributed by atoms with van der Waals surface area (Å²) in [5, 5.41) is 11.3. The fourth-order valence-electron chi connectivity index (χ4n) is 4.04. The van der Waals surface area contributed by atoms with E-state index in [9.17, 15) is 9.50 Å². The van der Waals surface area contributed by atoms with Crippen molar-refractivity contribution >= 4 is 0 Å². The third kappa shape index (κ3) is 3.55. The maximum atomic E-state index is 13.6. The first kappa shape index (κ1) is 17.9. The first-order valence-electron chi connectivity index (χ1n) is 8.77. The van der Waals surface area contributed by atoms with Crippen molar-refractivity contribution in [3.05, 3.63) is 65.5 Å². The molecule has 1 heterocycles. The summed E-state index contributed by atoms with van der Waals surface area (Å²) in [5.41, 5.74) is 0.895. The number of hydrogen-bond acceptors (Lipinski definition) is 3. The van der Waals surface area contributed by atoms with Crippen LogP contribution in [0.25, 0.3) is 0 Å². The summed E-state index contributed by atoms with van der Waals surface area (Å²) in [6, 6.07) is 14.5. The number of aliphatic hydroxyl groups is 1. The molecule has 4 heteroatoms.